The molecular weight excluding hydrogens is 352 g/mol. The van der Waals surface area contributed by atoms with Gasteiger partial charge in [0, 0.05) is 24.1 Å². The number of alkyl halides is 2. The predicted octanol–water partition coefficient (Wildman–Crippen LogP) is 3.87. The van der Waals surface area contributed by atoms with E-state index in [1.54, 1.807) is 6.07 Å². The minimum absolute atomic E-state index is 0.00776. The molecule has 6 nitrogen and oxygen atoms in total. The number of pyridine rings is 1. The van der Waals surface area contributed by atoms with Crippen LogP contribution in [0.4, 0.5) is 8.78 Å². The maximum absolute atomic E-state index is 12.3. The van der Waals surface area contributed by atoms with E-state index in [4.69, 9.17) is 13.6 Å². The van der Waals surface area contributed by atoms with Crippen LogP contribution in [0.15, 0.2) is 35.6 Å². The number of hydrogen-bond acceptors (Lipinski definition) is 6. The number of hydrogen-bond donors (Lipinski definition) is 1. The average molecular weight is 370 g/mol. The summed E-state index contributed by atoms with van der Waals surface area (Å²) in [6.45, 7) is -2.92. The lowest BCUT2D eigenvalue weighted by atomic mass is 10.3. The molecule has 0 fully saturated rings. The molecule has 0 radical (unpaired) electrons. The topological polar surface area (TPSA) is 69.3 Å². The number of fused-ring (bicyclic) bond motifs is 1. The van der Waals surface area contributed by atoms with Crippen LogP contribution in [-0.2, 0) is 5.75 Å². The maximum Gasteiger partial charge on any atom is 0.387 e. The summed E-state index contributed by atoms with van der Waals surface area (Å²) >= 11 is 1.24. The van der Waals surface area contributed by atoms with Gasteiger partial charge in [0.05, 0.1) is 35.0 Å². The fraction of sp³-hybridized carbons (Fsp3) is 0.250. The summed E-state index contributed by atoms with van der Waals surface area (Å²) in [5, 5.41) is 0.494. The first kappa shape index (κ1) is 13.7. The van der Waals surface area contributed by atoms with Gasteiger partial charge in [-0.05, 0) is 12.1 Å². The van der Waals surface area contributed by atoms with E-state index in [0.717, 1.165) is 0 Å². The van der Waals surface area contributed by atoms with Crippen LogP contribution < -0.4 is 14.2 Å². The first-order valence-corrected chi connectivity index (χ1v) is 8.02. The third-order valence-corrected chi connectivity index (χ3v) is 4.15. The van der Waals surface area contributed by atoms with Crippen LogP contribution in [0, 0.1) is 0 Å². The molecule has 0 amide bonds. The van der Waals surface area contributed by atoms with Gasteiger partial charge in [-0.3, -0.25) is 4.98 Å². The van der Waals surface area contributed by atoms with Gasteiger partial charge < -0.3 is 19.2 Å². The first-order valence-electron chi connectivity index (χ1n) is 8.53. The molecule has 0 aliphatic rings. The van der Waals surface area contributed by atoms with Gasteiger partial charge in [0.25, 0.3) is 0 Å². The Bertz CT molecular complexity index is 969. The smallest absolute Gasteiger partial charge is 0.387 e. The van der Waals surface area contributed by atoms with E-state index >= 15 is 0 Å². The number of imidazole rings is 1. The number of benzene rings is 1. The van der Waals surface area contributed by atoms with Crippen molar-refractivity contribution < 1.29 is 27.1 Å². The van der Waals surface area contributed by atoms with E-state index in [2.05, 4.69) is 19.7 Å². The molecule has 1 aromatic carbocycles. The monoisotopic (exact) mass is 370 g/mol. The van der Waals surface area contributed by atoms with Crippen molar-refractivity contribution in [2.24, 2.45) is 0 Å². The number of nitrogens with zero attached hydrogens (tertiary/aromatic N) is 2. The standard InChI is InChI=1S/C16H15F2N3O3S/c1-22-13-5-6-19-12(14(13)23-2)8-25-16-20-10-4-3-9(24-15(17)18)7-11(10)21-16/h3-7,15H,8H2,1-2H3,(H,20,21)/i2D3. The van der Waals surface area contributed by atoms with E-state index in [0.29, 0.717) is 21.9 Å². The van der Waals surface area contributed by atoms with E-state index < -0.39 is 13.6 Å². The number of rotatable bonds is 7. The largest absolute Gasteiger partial charge is 0.493 e. The second kappa shape index (κ2) is 7.56. The number of methoxy groups -OCH3 is 2. The summed E-state index contributed by atoms with van der Waals surface area (Å²) in [6, 6.07) is 5.89. The van der Waals surface area contributed by atoms with Crippen molar-refractivity contribution >= 4 is 22.8 Å². The quantitative estimate of drug-likeness (QED) is 0.637. The van der Waals surface area contributed by atoms with E-state index in [1.807, 2.05) is 0 Å². The van der Waals surface area contributed by atoms with Crippen molar-refractivity contribution in [2.45, 2.75) is 17.5 Å². The highest BCUT2D eigenvalue weighted by Crippen LogP contribution is 2.33. The Kier molecular flexibility index (Phi) is 4.14. The lowest BCUT2D eigenvalue weighted by Gasteiger charge is -2.10. The molecular formula is C16H15F2N3O3S. The summed E-state index contributed by atoms with van der Waals surface area (Å²) in [5.41, 5.74) is 1.46. The van der Waals surface area contributed by atoms with Crippen LogP contribution in [0.5, 0.6) is 17.2 Å². The van der Waals surface area contributed by atoms with E-state index in [-0.39, 0.29) is 23.0 Å². The fourth-order valence-electron chi connectivity index (χ4n) is 2.19. The Morgan fingerprint density at radius 2 is 2.20 bits per heavy atom. The molecule has 0 aliphatic carbocycles. The highest BCUT2D eigenvalue weighted by atomic mass is 32.2. The van der Waals surface area contributed by atoms with Crippen LogP contribution in [0.25, 0.3) is 11.0 Å². The Morgan fingerprint density at radius 1 is 1.32 bits per heavy atom. The number of ether oxygens (including phenoxy) is 3. The zero-order chi connectivity index (χ0) is 20.3. The molecule has 25 heavy (non-hydrogen) atoms. The summed E-state index contributed by atoms with van der Waals surface area (Å²) in [4.78, 5) is 11.5. The highest BCUT2D eigenvalue weighted by molar-refractivity contribution is 7.98. The molecule has 0 atom stereocenters. The van der Waals surface area contributed by atoms with E-state index in [1.165, 1.54) is 43.3 Å². The molecule has 0 bridgehead atoms. The minimum Gasteiger partial charge on any atom is -0.493 e. The summed E-state index contributed by atoms with van der Waals surface area (Å²) in [6.07, 6.45) is 1.48. The molecule has 2 heterocycles. The predicted molar refractivity (Wildman–Crippen MR) is 89.6 cm³/mol. The molecule has 0 spiro atoms. The average Bonchev–Trinajstić information content (AvgIpc) is 3.01. The van der Waals surface area contributed by atoms with Crippen LogP contribution in [0.2, 0.25) is 0 Å². The number of nitrogens with one attached hydrogen (secondary N) is 1. The molecule has 0 saturated carbocycles. The molecule has 3 aromatic rings. The molecule has 132 valence electrons. The van der Waals surface area contributed by atoms with Crippen LogP contribution in [0.3, 0.4) is 0 Å². The summed E-state index contributed by atoms with van der Waals surface area (Å²) < 4.78 is 61.1. The third kappa shape index (κ3) is 3.93. The normalized spacial score (nSPS) is 13.4. The molecule has 2 aromatic heterocycles. The zero-order valence-corrected chi connectivity index (χ0v) is 13.8. The SMILES string of the molecule is [2H]C([2H])([2H])Oc1c(OC)ccnc1CSc1nc2cc(OC(F)F)ccc2[nH]1. The van der Waals surface area contributed by atoms with Gasteiger partial charge in [-0.25, -0.2) is 4.98 Å². The van der Waals surface area contributed by atoms with Crippen LogP contribution >= 0.6 is 11.8 Å². The molecule has 0 unspecified atom stereocenters. The van der Waals surface area contributed by atoms with Crippen molar-refractivity contribution in [2.75, 3.05) is 14.1 Å². The van der Waals surface area contributed by atoms with Crippen LogP contribution in [0.1, 0.15) is 9.81 Å². The maximum atomic E-state index is 12.3. The van der Waals surface area contributed by atoms with Gasteiger partial charge in [-0.1, -0.05) is 11.8 Å². The zero-order valence-electron chi connectivity index (χ0n) is 16.0. The minimum atomic E-state index is -2.92. The van der Waals surface area contributed by atoms with Gasteiger partial charge in [0.1, 0.15) is 5.75 Å². The second-order valence-corrected chi connectivity index (χ2v) is 5.74. The van der Waals surface area contributed by atoms with Crippen LogP contribution in [-0.4, -0.2) is 35.7 Å². The van der Waals surface area contributed by atoms with Gasteiger partial charge in [0.2, 0.25) is 0 Å². The van der Waals surface area contributed by atoms with Crippen molar-refractivity contribution in [1.29, 1.82) is 0 Å². The lowest BCUT2D eigenvalue weighted by molar-refractivity contribution is -0.0497. The number of aromatic amines is 1. The molecule has 9 heteroatoms. The Labute approximate surface area is 150 Å². The van der Waals surface area contributed by atoms with Crippen molar-refractivity contribution in [1.82, 2.24) is 15.0 Å². The summed E-state index contributed by atoms with van der Waals surface area (Å²) in [5.74, 6) is 0.526. The van der Waals surface area contributed by atoms with E-state index in [9.17, 15) is 8.78 Å². The Hall–Kier alpha value is -2.55. The molecule has 0 aliphatic heterocycles. The fourth-order valence-corrected chi connectivity index (χ4v) is 3.01. The van der Waals surface area contributed by atoms with Gasteiger partial charge in [-0.15, -0.1) is 0 Å². The first-order chi connectivity index (χ1) is 13.2. The number of halogens is 2. The lowest BCUT2D eigenvalue weighted by Crippen LogP contribution is -2.01. The highest BCUT2D eigenvalue weighted by Gasteiger charge is 2.13. The Morgan fingerprint density at radius 3 is 2.96 bits per heavy atom. The molecule has 0 saturated heterocycles. The third-order valence-electron chi connectivity index (χ3n) is 3.27. The van der Waals surface area contributed by atoms with Gasteiger partial charge >= 0.3 is 6.61 Å². The second-order valence-electron chi connectivity index (χ2n) is 4.78. The summed E-state index contributed by atoms with van der Waals surface area (Å²) in [7, 11) is -1.26. The molecule has 1 N–H and O–H groups in total. The van der Waals surface area contributed by atoms with Gasteiger partial charge in [0.15, 0.2) is 16.7 Å². The van der Waals surface area contributed by atoms with Crippen molar-refractivity contribution in [3.05, 3.63) is 36.2 Å². The van der Waals surface area contributed by atoms with Gasteiger partial charge in [-0.2, -0.15) is 8.78 Å². The number of thioether (sulfide) groups is 1. The number of aromatic nitrogens is 3. The number of H-pyrrole nitrogens is 1. The Balaban J connectivity index is 1.80. The van der Waals surface area contributed by atoms with Crippen molar-refractivity contribution in [3.8, 4) is 17.2 Å². The van der Waals surface area contributed by atoms with Crippen molar-refractivity contribution in [3.63, 3.8) is 0 Å². The molecule has 3 rings (SSSR count).